The molecule has 2 nitrogen and oxygen atoms in total. The Hall–Kier alpha value is -0.0800. The number of rotatable bonds is 4. The van der Waals surface area contributed by atoms with Crippen molar-refractivity contribution in [3.63, 3.8) is 0 Å². The second-order valence-electron chi connectivity index (χ2n) is 7.26. The van der Waals surface area contributed by atoms with Crippen molar-refractivity contribution in [1.82, 2.24) is 5.32 Å². The maximum atomic E-state index is 6.39. The first-order chi connectivity index (χ1) is 9.27. The normalized spacial score (nSPS) is 33.0. The summed E-state index contributed by atoms with van der Waals surface area (Å²) < 4.78 is 6.39. The molecule has 2 heteroatoms. The van der Waals surface area contributed by atoms with Gasteiger partial charge in [-0.2, -0.15) is 0 Å². The van der Waals surface area contributed by atoms with Gasteiger partial charge in [0.25, 0.3) is 0 Å². The third-order valence-electron chi connectivity index (χ3n) is 5.88. The van der Waals surface area contributed by atoms with Crippen LogP contribution in [0.15, 0.2) is 0 Å². The van der Waals surface area contributed by atoms with Crippen molar-refractivity contribution in [2.75, 3.05) is 6.54 Å². The van der Waals surface area contributed by atoms with Gasteiger partial charge in [0.15, 0.2) is 0 Å². The molecule has 1 aliphatic heterocycles. The van der Waals surface area contributed by atoms with Crippen LogP contribution < -0.4 is 5.32 Å². The zero-order valence-electron chi connectivity index (χ0n) is 12.6. The maximum Gasteiger partial charge on any atom is 0.0708 e. The lowest BCUT2D eigenvalue weighted by molar-refractivity contribution is -0.0363. The topological polar surface area (TPSA) is 21.3 Å². The summed E-state index contributed by atoms with van der Waals surface area (Å²) in [6, 6.07) is 0.684. The Morgan fingerprint density at radius 1 is 1.00 bits per heavy atom. The van der Waals surface area contributed by atoms with E-state index < -0.39 is 0 Å². The molecule has 1 N–H and O–H groups in total. The molecule has 19 heavy (non-hydrogen) atoms. The van der Waals surface area contributed by atoms with Crippen LogP contribution in [-0.2, 0) is 4.74 Å². The zero-order valence-corrected chi connectivity index (χ0v) is 12.6. The van der Waals surface area contributed by atoms with Crippen LogP contribution in [0.2, 0.25) is 0 Å². The van der Waals surface area contributed by atoms with E-state index in [1.165, 1.54) is 70.6 Å². The molecule has 1 saturated heterocycles. The molecule has 3 aliphatic rings. The lowest BCUT2D eigenvalue weighted by Crippen LogP contribution is -2.40. The van der Waals surface area contributed by atoms with Crippen LogP contribution in [0.3, 0.4) is 0 Å². The summed E-state index contributed by atoms with van der Waals surface area (Å²) in [5, 5.41) is 3.78. The summed E-state index contributed by atoms with van der Waals surface area (Å²) in [5.74, 6) is 0.913. The van der Waals surface area contributed by atoms with Crippen LogP contribution in [0, 0.1) is 5.92 Å². The molecule has 2 saturated carbocycles. The van der Waals surface area contributed by atoms with E-state index in [-0.39, 0.29) is 0 Å². The minimum absolute atomic E-state index is 0.306. The van der Waals surface area contributed by atoms with Crippen LogP contribution in [0.25, 0.3) is 0 Å². The number of nitrogens with one attached hydrogen (secondary N) is 1. The largest absolute Gasteiger partial charge is 0.370 e. The van der Waals surface area contributed by atoms with Gasteiger partial charge in [-0.25, -0.2) is 0 Å². The summed E-state index contributed by atoms with van der Waals surface area (Å²) in [6.45, 7) is 3.47. The SMILES string of the molecule is CC(NCC1CCC2(CCCC2)O1)C1CCCCC1. The lowest BCUT2D eigenvalue weighted by Gasteiger charge is -2.30. The van der Waals surface area contributed by atoms with Crippen molar-refractivity contribution in [3.05, 3.63) is 0 Å². The Bertz CT molecular complexity index is 279. The van der Waals surface area contributed by atoms with E-state index in [1.807, 2.05) is 0 Å². The molecule has 0 amide bonds. The standard InChI is InChI=1S/C17H31NO/c1-14(15-7-3-2-4-8-15)18-13-16-9-12-17(19-16)10-5-6-11-17/h14-16,18H,2-13H2,1H3. The average molecular weight is 265 g/mol. The summed E-state index contributed by atoms with van der Waals surface area (Å²) in [4.78, 5) is 0. The highest BCUT2D eigenvalue weighted by molar-refractivity contribution is 4.93. The maximum absolute atomic E-state index is 6.39. The number of hydrogen-bond acceptors (Lipinski definition) is 2. The molecule has 1 heterocycles. The second-order valence-corrected chi connectivity index (χ2v) is 7.26. The van der Waals surface area contributed by atoms with Crippen LogP contribution in [0.1, 0.15) is 77.6 Å². The van der Waals surface area contributed by atoms with Gasteiger partial charge in [0.1, 0.15) is 0 Å². The van der Waals surface area contributed by atoms with Crippen LogP contribution in [0.4, 0.5) is 0 Å². The van der Waals surface area contributed by atoms with Gasteiger partial charge >= 0.3 is 0 Å². The van der Waals surface area contributed by atoms with Crippen LogP contribution in [-0.4, -0.2) is 24.3 Å². The highest BCUT2D eigenvalue weighted by Gasteiger charge is 2.42. The molecule has 3 fully saturated rings. The van der Waals surface area contributed by atoms with Gasteiger partial charge in [0.05, 0.1) is 11.7 Å². The summed E-state index contributed by atoms with van der Waals surface area (Å²) >= 11 is 0. The monoisotopic (exact) mass is 265 g/mol. The molecule has 0 aromatic rings. The van der Waals surface area contributed by atoms with Gasteiger partial charge in [-0.05, 0) is 51.4 Å². The van der Waals surface area contributed by atoms with Gasteiger partial charge in [0.2, 0.25) is 0 Å². The van der Waals surface area contributed by atoms with E-state index in [2.05, 4.69) is 12.2 Å². The van der Waals surface area contributed by atoms with E-state index in [0.29, 0.717) is 17.7 Å². The molecule has 0 radical (unpaired) electrons. The van der Waals surface area contributed by atoms with Crippen molar-refractivity contribution in [1.29, 1.82) is 0 Å². The summed E-state index contributed by atoms with van der Waals surface area (Å²) in [7, 11) is 0. The van der Waals surface area contributed by atoms with E-state index in [1.54, 1.807) is 0 Å². The summed E-state index contributed by atoms with van der Waals surface area (Å²) in [6.07, 6.45) is 15.7. The summed E-state index contributed by atoms with van der Waals surface area (Å²) in [5.41, 5.74) is 0.306. The van der Waals surface area contributed by atoms with Crippen molar-refractivity contribution in [3.8, 4) is 0 Å². The van der Waals surface area contributed by atoms with Gasteiger partial charge in [-0.1, -0.05) is 32.1 Å². The molecule has 2 unspecified atom stereocenters. The fourth-order valence-corrected chi connectivity index (χ4v) is 4.54. The Morgan fingerprint density at radius 2 is 1.74 bits per heavy atom. The minimum Gasteiger partial charge on any atom is -0.370 e. The lowest BCUT2D eigenvalue weighted by atomic mass is 9.84. The Kier molecular flexibility index (Phi) is 4.48. The highest BCUT2D eigenvalue weighted by atomic mass is 16.5. The average Bonchev–Trinajstić information content (AvgIpc) is 3.08. The first-order valence-electron chi connectivity index (χ1n) is 8.69. The molecule has 0 aromatic carbocycles. The molecule has 0 aromatic heterocycles. The molecule has 110 valence electrons. The van der Waals surface area contributed by atoms with Crippen LogP contribution in [0.5, 0.6) is 0 Å². The Morgan fingerprint density at radius 3 is 2.47 bits per heavy atom. The quantitative estimate of drug-likeness (QED) is 0.828. The molecule has 0 bridgehead atoms. The van der Waals surface area contributed by atoms with Crippen LogP contribution >= 0.6 is 0 Å². The van der Waals surface area contributed by atoms with Crippen molar-refractivity contribution in [2.24, 2.45) is 5.92 Å². The first-order valence-corrected chi connectivity index (χ1v) is 8.69. The Labute approximate surface area is 118 Å². The van der Waals surface area contributed by atoms with E-state index in [0.717, 1.165) is 12.5 Å². The molecular weight excluding hydrogens is 234 g/mol. The van der Waals surface area contributed by atoms with Crippen molar-refractivity contribution >= 4 is 0 Å². The van der Waals surface area contributed by atoms with Gasteiger partial charge in [-0.15, -0.1) is 0 Å². The third-order valence-corrected chi connectivity index (χ3v) is 5.88. The molecule has 2 atom stereocenters. The van der Waals surface area contributed by atoms with E-state index in [9.17, 15) is 0 Å². The van der Waals surface area contributed by atoms with Gasteiger partial charge < -0.3 is 10.1 Å². The fraction of sp³-hybridized carbons (Fsp3) is 1.00. The third kappa shape index (κ3) is 3.33. The smallest absolute Gasteiger partial charge is 0.0708 e. The van der Waals surface area contributed by atoms with Crippen molar-refractivity contribution < 1.29 is 4.74 Å². The van der Waals surface area contributed by atoms with E-state index >= 15 is 0 Å². The molecule has 3 rings (SSSR count). The predicted molar refractivity (Wildman–Crippen MR) is 79.3 cm³/mol. The second kappa shape index (κ2) is 6.13. The van der Waals surface area contributed by atoms with E-state index in [4.69, 9.17) is 4.74 Å². The van der Waals surface area contributed by atoms with Gasteiger partial charge in [0, 0.05) is 12.6 Å². The highest BCUT2D eigenvalue weighted by Crippen LogP contribution is 2.43. The minimum atomic E-state index is 0.306. The molecule has 1 spiro atoms. The predicted octanol–water partition coefficient (Wildman–Crippen LogP) is 4.04. The first kappa shape index (κ1) is 13.9. The Balaban J connectivity index is 1.40. The molecule has 2 aliphatic carbocycles. The van der Waals surface area contributed by atoms with Crippen molar-refractivity contribution in [2.45, 2.75) is 95.3 Å². The number of hydrogen-bond donors (Lipinski definition) is 1. The molecular formula is C17H31NO. The zero-order chi connectivity index (χ0) is 13.1. The fourth-order valence-electron chi connectivity index (χ4n) is 4.54. The van der Waals surface area contributed by atoms with Gasteiger partial charge in [-0.3, -0.25) is 0 Å². The number of ether oxygens (including phenoxy) is 1.